The van der Waals surface area contributed by atoms with Crippen LogP contribution >= 0.6 is 21.0 Å². The molecule has 1 unspecified atom stereocenters. The molecule has 0 N–H and O–H groups in total. The molecule has 3 aromatic rings. The van der Waals surface area contributed by atoms with Crippen LogP contribution < -0.4 is 0 Å². The smallest absolute Gasteiger partial charge is 0.143 e. The Bertz CT molecular complexity index is 662. The molecule has 3 aromatic heterocycles. The van der Waals surface area contributed by atoms with Gasteiger partial charge in [0.1, 0.15) is 10.8 Å². The predicted octanol–water partition coefficient (Wildman–Crippen LogP) is 2.88. The lowest BCUT2D eigenvalue weighted by atomic mass is 10.2. The monoisotopic (exact) mass is 235 g/mol. The van der Waals surface area contributed by atoms with Crippen molar-refractivity contribution >= 4 is 42.9 Å². The Morgan fingerprint density at radius 3 is 3.00 bits per heavy atom. The van der Waals surface area contributed by atoms with Crippen LogP contribution in [0.25, 0.3) is 21.9 Å². The molecule has 1 atom stereocenters. The molecule has 0 aromatic carbocycles. The van der Waals surface area contributed by atoms with E-state index in [2.05, 4.69) is 19.4 Å². The fourth-order valence-corrected chi connectivity index (χ4v) is 2.31. The van der Waals surface area contributed by atoms with Gasteiger partial charge in [0.05, 0.1) is 11.7 Å². The zero-order valence-electron chi connectivity index (χ0n) is 7.68. The molecule has 5 heteroatoms. The molecule has 0 bridgehead atoms. The maximum absolute atomic E-state index is 5.88. The number of nitrogens with zero attached hydrogens (tertiary/aromatic N) is 3. The van der Waals surface area contributed by atoms with Crippen LogP contribution in [0.1, 0.15) is 0 Å². The second kappa shape index (κ2) is 3.16. The number of hydrogen-bond acceptors (Lipinski definition) is 2. The second-order valence-corrected chi connectivity index (χ2v) is 4.17. The fraction of sp³-hybridized carbons (Fsp3) is 0. The van der Waals surface area contributed by atoms with Crippen molar-refractivity contribution < 1.29 is 0 Å². The average Bonchev–Trinajstić information content (AvgIpc) is 2.54. The standard InChI is InChI=1S/C10H7ClN3P/c11-9-4-7-6-2-1-3-12-10(6)14(15)8(7)5-13-9/h1-5H,15H2. The molecule has 0 aliphatic carbocycles. The summed E-state index contributed by atoms with van der Waals surface area (Å²) in [6.07, 6.45) is 3.53. The predicted molar refractivity (Wildman–Crippen MR) is 65.2 cm³/mol. The number of rotatable bonds is 0. The van der Waals surface area contributed by atoms with Gasteiger partial charge in [-0.05, 0) is 27.6 Å². The normalized spacial score (nSPS) is 11.3. The summed E-state index contributed by atoms with van der Waals surface area (Å²) >= 11 is 5.88. The van der Waals surface area contributed by atoms with E-state index in [4.69, 9.17) is 11.6 Å². The quantitative estimate of drug-likeness (QED) is 0.443. The first-order chi connectivity index (χ1) is 7.27. The highest BCUT2D eigenvalue weighted by Gasteiger charge is 2.08. The third kappa shape index (κ3) is 1.24. The lowest BCUT2D eigenvalue weighted by Gasteiger charge is -1.94. The van der Waals surface area contributed by atoms with E-state index < -0.39 is 0 Å². The van der Waals surface area contributed by atoms with E-state index in [0.717, 1.165) is 21.9 Å². The molecule has 0 saturated carbocycles. The van der Waals surface area contributed by atoms with E-state index in [1.807, 2.05) is 22.5 Å². The Hall–Kier alpha value is -1.18. The molecule has 3 rings (SSSR count). The number of fused-ring (bicyclic) bond motifs is 3. The van der Waals surface area contributed by atoms with Crippen molar-refractivity contribution in [2.45, 2.75) is 0 Å². The Morgan fingerprint density at radius 1 is 1.27 bits per heavy atom. The summed E-state index contributed by atoms with van der Waals surface area (Å²) in [5, 5.41) is 2.67. The van der Waals surface area contributed by atoms with Crippen LogP contribution in [0.3, 0.4) is 0 Å². The average molecular weight is 236 g/mol. The van der Waals surface area contributed by atoms with Gasteiger partial charge < -0.3 is 4.34 Å². The third-order valence-corrected chi connectivity index (χ3v) is 3.14. The molecule has 0 saturated heterocycles. The first-order valence-electron chi connectivity index (χ1n) is 4.43. The number of aromatic nitrogens is 3. The van der Waals surface area contributed by atoms with Gasteiger partial charge in [0.15, 0.2) is 0 Å². The van der Waals surface area contributed by atoms with Crippen LogP contribution in [0.4, 0.5) is 0 Å². The van der Waals surface area contributed by atoms with Crippen molar-refractivity contribution in [2.24, 2.45) is 0 Å². The van der Waals surface area contributed by atoms with E-state index in [1.165, 1.54) is 0 Å². The minimum absolute atomic E-state index is 0.504. The molecule has 74 valence electrons. The van der Waals surface area contributed by atoms with E-state index in [-0.39, 0.29) is 0 Å². The SMILES string of the molecule is Pn1c2cnc(Cl)cc2c2cccnc21. The van der Waals surface area contributed by atoms with Crippen LogP contribution in [-0.2, 0) is 0 Å². The molecule has 0 spiro atoms. The highest BCUT2D eigenvalue weighted by atomic mass is 35.5. The van der Waals surface area contributed by atoms with Gasteiger partial charge >= 0.3 is 0 Å². The summed E-state index contributed by atoms with van der Waals surface area (Å²) in [5.74, 6) is 0. The van der Waals surface area contributed by atoms with Crippen molar-refractivity contribution in [3.8, 4) is 0 Å². The molecule has 15 heavy (non-hydrogen) atoms. The molecule has 0 radical (unpaired) electrons. The fourth-order valence-electron chi connectivity index (χ4n) is 1.74. The van der Waals surface area contributed by atoms with E-state index in [0.29, 0.717) is 5.15 Å². The summed E-state index contributed by atoms with van der Waals surface area (Å²) in [4.78, 5) is 8.39. The first kappa shape index (κ1) is 9.08. The molecule has 3 nitrogen and oxygen atoms in total. The van der Waals surface area contributed by atoms with Crippen LogP contribution in [0.5, 0.6) is 0 Å². The Morgan fingerprint density at radius 2 is 2.13 bits per heavy atom. The van der Waals surface area contributed by atoms with Gasteiger partial charge in [-0.2, -0.15) is 0 Å². The summed E-state index contributed by atoms with van der Waals surface area (Å²) in [5.41, 5.74) is 1.93. The lowest BCUT2D eigenvalue weighted by Crippen LogP contribution is -1.81. The molecular weight excluding hydrogens is 229 g/mol. The Balaban J connectivity index is 2.64. The van der Waals surface area contributed by atoms with Crippen molar-refractivity contribution in [2.75, 3.05) is 0 Å². The summed E-state index contributed by atoms with van der Waals surface area (Å²) in [6.45, 7) is 0. The molecule has 0 amide bonds. The van der Waals surface area contributed by atoms with Crippen LogP contribution in [0, 0.1) is 0 Å². The topological polar surface area (TPSA) is 30.7 Å². The minimum atomic E-state index is 0.504. The minimum Gasteiger partial charge on any atom is -0.308 e. The van der Waals surface area contributed by atoms with Gasteiger partial charge in [-0.15, -0.1) is 0 Å². The number of pyridine rings is 2. The van der Waals surface area contributed by atoms with Crippen LogP contribution in [0.2, 0.25) is 5.15 Å². The van der Waals surface area contributed by atoms with Gasteiger partial charge in [-0.25, -0.2) is 9.97 Å². The van der Waals surface area contributed by atoms with E-state index in [1.54, 1.807) is 12.4 Å². The zero-order chi connectivity index (χ0) is 10.4. The molecule has 3 heterocycles. The summed E-state index contributed by atoms with van der Waals surface area (Å²) in [6, 6.07) is 5.81. The highest BCUT2D eigenvalue weighted by Crippen LogP contribution is 2.29. The van der Waals surface area contributed by atoms with E-state index >= 15 is 0 Å². The maximum atomic E-state index is 5.88. The van der Waals surface area contributed by atoms with Crippen LogP contribution in [0.15, 0.2) is 30.6 Å². The van der Waals surface area contributed by atoms with Gasteiger partial charge in [0.25, 0.3) is 0 Å². The largest absolute Gasteiger partial charge is 0.308 e. The van der Waals surface area contributed by atoms with Gasteiger partial charge in [-0.3, -0.25) is 0 Å². The van der Waals surface area contributed by atoms with Crippen molar-refractivity contribution in [1.82, 2.24) is 14.3 Å². The van der Waals surface area contributed by atoms with Crippen molar-refractivity contribution in [1.29, 1.82) is 0 Å². The van der Waals surface area contributed by atoms with Gasteiger partial charge in [0.2, 0.25) is 0 Å². The third-order valence-electron chi connectivity index (χ3n) is 2.41. The first-order valence-corrected chi connectivity index (χ1v) is 5.32. The maximum Gasteiger partial charge on any atom is 0.143 e. The Labute approximate surface area is 93.3 Å². The molecule has 0 aliphatic rings. The second-order valence-electron chi connectivity index (χ2n) is 3.27. The number of hydrogen-bond donors (Lipinski definition) is 0. The van der Waals surface area contributed by atoms with E-state index in [9.17, 15) is 0 Å². The van der Waals surface area contributed by atoms with Crippen LogP contribution in [-0.4, -0.2) is 14.3 Å². The molecule has 0 fully saturated rings. The lowest BCUT2D eigenvalue weighted by molar-refractivity contribution is 1.27. The molecule has 0 aliphatic heterocycles. The highest BCUT2D eigenvalue weighted by molar-refractivity contribution is 7.15. The number of halogens is 1. The summed E-state index contributed by atoms with van der Waals surface area (Å²) < 4.78 is 1.94. The summed E-state index contributed by atoms with van der Waals surface area (Å²) in [7, 11) is 2.63. The zero-order valence-corrected chi connectivity index (χ0v) is 9.59. The van der Waals surface area contributed by atoms with Crippen molar-refractivity contribution in [3.05, 3.63) is 35.7 Å². The van der Waals surface area contributed by atoms with Crippen molar-refractivity contribution in [3.63, 3.8) is 0 Å². The molecular formula is C10H7ClN3P. The van der Waals surface area contributed by atoms with Gasteiger partial charge in [-0.1, -0.05) is 11.6 Å². The Kier molecular flexibility index (Phi) is 1.91. The van der Waals surface area contributed by atoms with Gasteiger partial charge in [0, 0.05) is 17.0 Å².